The summed E-state index contributed by atoms with van der Waals surface area (Å²) in [5, 5.41) is 43.2. The van der Waals surface area contributed by atoms with Gasteiger partial charge in [0.2, 0.25) is 0 Å². The Bertz CT molecular complexity index is 1220. The Morgan fingerprint density at radius 2 is 1.67 bits per heavy atom. The molecule has 1 spiro atoms. The van der Waals surface area contributed by atoms with Gasteiger partial charge in [-0.3, -0.25) is 10.1 Å². The number of fused-ring (bicyclic) bond motifs is 7. The summed E-state index contributed by atoms with van der Waals surface area (Å²) in [7, 11) is 0. The summed E-state index contributed by atoms with van der Waals surface area (Å²) in [6.45, 7) is 4.64. The van der Waals surface area contributed by atoms with E-state index in [-0.39, 0.29) is 48.3 Å². The van der Waals surface area contributed by atoms with Gasteiger partial charge >= 0.3 is 5.97 Å². The van der Waals surface area contributed by atoms with Crippen LogP contribution in [0.4, 0.5) is 0 Å². The molecule has 0 radical (unpaired) electrons. The van der Waals surface area contributed by atoms with Gasteiger partial charge in [-0.2, -0.15) is 0 Å². The monoisotopic (exact) mass is 667 g/mol. The lowest BCUT2D eigenvalue weighted by molar-refractivity contribution is -0.143. The van der Waals surface area contributed by atoms with Crippen LogP contribution in [0.2, 0.25) is 0 Å². The van der Waals surface area contributed by atoms with Gasteiger partial charge in [0.1, 0.15) is 0 Å². The number of piperidine rings is 2. The number of β-amino-alcohol motifs (C(OH)–C–C–N with tert-alkyl or cyclic N) is 1. The molecule has 10 atom stereocenters. The Kier molecular flexibility index (Phi) is 11.6. The summed E-state index contributed by atoms with van der Waals surface area (Å²) in [4.78, 5) is 11.9. The van der Waals surface area contributed by atoms with Crippen molar-refractivity contribution < 1.29 is 20.1 Å². The minimum atomic E-state index is -1.28. The number of aliphatic hydroxyl groups excluding tert-OH is 1. The molecule has 48 heavy (non-hydrogen) atoms. The SMILES string of the molecule is CC1NC(C2CCC3CCCCCC(O)(CC(=O)O)CNC4(C)CC(N)NC(C4)C4(CCCCC4)c4cccc(c4)CC3C2)CCC1O. The summed E-state index contributed by atoms with van der Waals surface area (Å²) in [5.41, 5.74) is 8.13. The molecule has 5 aliphatic rings. The maximum absolute atomic E-state index is 11.9. The van der Waals surface area contributed by atoms with Crippen molar-refractivity contribution in [2.24, 2.45) is 23.5 Å². The molecule has 2 saturated carbocycles. The molecule has 0 amide bonds. The van der Waals surface area contributed by atoms with Crippen LogP contribution in [0.5, 0.6) is 0 Å². The van der Waals surface area contributed by atoms with Crippen LogP contribution in [0.15, 0.2) is 24.3 Å². The van der Waals surface area contributed by atoms with Crippen molar-refractivity contribution >= 4 is 5.97 Å². The quantitative estimate of drug-likeness (QED) is 0.224. The highest BCUT2D eigenvalue weighted by Crippen LogP contribution is 2.47. The predicted molar refractivity (Wildman–Crippen MR) is 192 cm³/mol. The number of hydrogen-bond acceptors (Lipinski definition) is 7. The smallest absolute Gasteiger partial charge is 0.306 e. The Labute approximate surface area is 289 Å². The van der Waals surface area contributed by atoms with Gasteiger partial charge in [0.05, 0.1) is 24.3 Å². The van der Waals surface area contributed by atoms with Crippen molar-refractivity contribution in [3.05, 3.63) is 35.4 Å². The van der Waals surface area contributed by atoms with Crippen LogP contribution in [0.25, 0.3) is 0 Å². The molecule has 8 N–H and O–H groups in total. The molecular weight excluding hydrogens is 600 g/mol. The summed E-state index contributed by atoms with van der Waals surface area (Å²) in [6, 6.07) is 10.5. The highest BCUT2D eigenvalue weighted by atomic mass is 16.4. The molecule has 4 fully saturated rings. The van der Waals surface area contributed by atoms with Crippen LogP contribution >= 0.6 is 0 Å². The van der Waals surface area contributed by atoms with Crippen LogP contribution in [0.1, 0.15) is 141 Å². The van der Waals surface area contributed by atoms with Gasteiger partial charge in [0.25, 0.3) is 0 Å². The predicted octanol–water partition coefficient (Wildman–Crippen LogP) is 5.52. The van der Waals surface area contributed by atoms with Gasteiger partial charge in [-0.15, -0.1) is 0 Å². The van der Waals surface area contributed by atoms with Crippen molar-refractivity contribution in [2.45, 2.75) is 183 Å². The Morgan fingerprint density at radius 1 is 0.917 bits per heavy atom. The summed E-state index contributed by atoms with van der Waals surface area (Å²) in [5.74, 6) is 1.01. The average Bonchev–Trinajstić information content (AvgIpc) is 3.05. The van der Waals surface area contributed by atoms with E-state index >= 15 is 0 Å². The van der Waals surface area contributed by atoms with Crippen LogP contribution in [-0.2, 0) is 16.6 Å². The second-order valence-corrected chi connectivity index (χ2v) is 17.5. The Hall–Kier alpha value is -1.55. The number of carbonyl (C=O) groups is 1. The molecule has 3 aliphatic heterocycles. The number of rotatable bonds is 3. The molecule has 270 valence electrons. The Balaban J connectivity index is 1.31. The molecule has 4 bridgehead atoms. The zero-order valence-electron chi connectivity index (χ0n) is 29.9. The summed E-state index contributed by atoms with van der Waals surface area (Å²) in [6.07, 6.45) is 18.5. The fourth-order valence-corrected chi connectivity index (χ4v) is 11.0. The average molecular weight is 667 g/mol. The molecule has 8 heteroatoms. The first-order valence-electron chi connectivity index (χ1n) is 19.7. The number of aliphatic hydroxyl groups is 2. The van der Waals surface area contributed by atoms with E-state index in [0.717, 1.165) is 64.2 Å². The second kappa shape index (κ2) is 15.4. The summed E-state index contributed by atoms with van der Waals surface area (Å²) >= 11 is 0. The molecule has 2 saturated heterocycles. The first-order chi connectivity index (χ1) is 23.0. The van der Waals surface area contributed by atoms with E-state index in [0.29, 0.717) is 30.2 Å². The molecule has 10 unspecified atom stereocenters. The van der Waals surface area contributed by atoms with Gasteiger partial charge in [-0.05, 0) is 113 Å². The standard InChI is InChI=1S/C40H66N4O4/c1-27-34(45)16-15-33(43-27)30-14-13-29-11-5-3-6-17-39(48,25-37(46)47)26-42-38(2)23-35(44-36(41)24-38)40(18-7-4-8-19-40)32-12-9-10-28(21-32)20-31(29)22-30/h9-10,12,21,27,29-31,33-36,42-45,48H,3-8,11,13-20,22-26,41H2,1-2H3,(H,46,47). The highest BCUT2D eigenvalue weighted by Gasteiger charge is 2.48. The van der Waals surface area contributed by atoms with E-state index < -0.39 is 11.6 Å². The number of aliphatic carboxylic acids is 1. The zero-order valence-corrected chi connectivity index (χ0v) is 29.9. The van der Waals surface area contributed by atoms with Crippen molar-refractivity contribution in [1.29, 1.82) is 0 Å². The lowest BCUT2D eigenvalue weighted by Crippen LogP contribution is -2.67. The van der Waals surface area contributed by atoms with Gasteiger partial charge in [0, 0.05) is 35.6 Å². The Morgan fingerprint density at radius 3 is 2.44 bits per heavy atom. The lowest BCUT2D eigenvalue weighted by Gasteiger charge is -2.53. The van der Waals surface area contributed by atoms with Gasteiger partial charge in [-0.25, -0.2) is 0 Å². The van der Waals surface area contributed by atoms with E-state index in [1.165, 1.54) is 56.1 Å². The van der Waals surface area contributed by atoms with E-state index in [9.17, 15) is 20.1 Å². The van der Waals surface area contributed by atoms with Crippen LogP contribution in [0.3, 0.4) is 0 Å². The fourth-order valence-electron chi connectivity index (χ4n) is 11.0. The third-order valence-electron chi connectivity index (χ3n) is 13.8. The number of carboxylic acid groups (broad SMARTS) is 1. The molecule has 2 aliphatic carbocycles. The van der Waals surface area contributed by atoms with Crippen LogP contribution in [0, 0.1) is 17.8 Å². The molecule has 3 heterocycles. The topological polar surface area (TPSA) is 140 Å². The van der Waals surface area contributed by atoms with Crippen molar-refractivity contribution in [2.75, 3.05) is 6.54 Å². The fraction of sp³-hybridized carbons (Fsp3) is 0.825. The molecule has 1 aromatic carbocycles. The third kappa shape index (κ3) is 8.48. The maximum Gasteiger partial charge on any atom is 0.306 e. The molecule has 6 rings (SSSR count). The minimum absolute atomic E-state index is 0.00443. The molecule has 8 nitrogen and oxygen atoms in total. The number of nitrogens with one attached hydrogen (secondary N) is 3. The minimum Gasteiger partial charge on any atom is -0.481 e. The van der Waals surface area contributed by atoms with Gasteiger partial charge in [0.15, 0.2) is 0 Å². The summed E-state index contributed by atoms with van der Waals surface area (Å²) < 4.78 is 0. The number of hydrogen-bond donors (Lipinski definition) is 7. The zero-order chi connectivity index (χ0) is 33.9. The van der Waals surface area contributed by atoms with Gasteiger partial charge < -0.3 is 31.7 Å². The van der Waals surface area contributed by atoms with Gasteiger partial charge in [-0.1, -0.05) is 69.2 Å². The maximum atomic E-state index is 11.9. The number of carboxylic acids is 1. The third-order valence-corrected chi connectivity index (χ3v) is 13.8. The lowest BCUT2D eigenvalue weighted by atomic mass is 9.61. The van der Waals surface area contributed by atoms with E-state index in [1.807, 2.05) is 0 Å². The van der Waals surface area contributed by atoms with Crippen molar-refractivity contribution in [3.63, 3.8) is 0 Å². The molecular formula is C40H66N4O4. The van der Waals surface area contributed by atoms with Crippen molar-refractivity contribution in [1.82, 2.24) is 16.0 Å². The largest absolute Gasteiger partial charge is 0.481 e. The van der Waals surface area contributed by atoms with E-state index in [2.05, 4.69) is 54.1 Å². The number of nitrogens with two attached hydrogens (primary N) is 1. The van der Waals surface area contributed by atoms with Crippen LogP contribution < -0.4 is 21.7 Å². The molecule has 0 aromatic heterocycles. The molecule has 1 aromatic rings. The van der Waals surface area contributed by atoms with Crippen LogP contribution in [-0.4, -0.2) is 69.4 Å². The first kappa shape index (κ1) is 36.2. The van der Waals surface area contributed by atoms with Crippen molar-refractivity contribution in [3.8, 4) is 0 Å². The first-order valence-corrected chi connectivity index (χ1v) is 19.7. The second-order valence-electron chi connectivity index (χ2n) is 17.5. The highest BCUT2D eigenvalue weighted by molar-refractivity contribution is 5.68. The number of benzene rings is 1. The normalized spacial score (nSPS) is 41.4. The van der Waals surface area contributed by atoms with E-state index in [1.54, 1.807) is 0 Å². The van der Waals surface area contributed by atoms with E-state index in [4.69, 9.17) is 5.73 Å².